The zero-order chi connectivity index (χ0) is 18.1. The Bertz CT molecular complexity index is 576. The maximum atomic E-state index is 12.8. The SMILES string of the molecule is COCCCN(CCC(=O)N1CCNCC1)C(=O)c1cccc(Br)c1. The van der Waals surface area contributed by atoms with E-state index < -0.39 is 0 Å². The second-order valence-corrected chi connectivity index (χ2v) is 6.95. The second kappa shape index (κ2) is 10.5. The highest BCUT2D eigenvalue weighted by molar-refractivity contribution is 9.10. The van der Waals surface area contributed by atoms with Crippen molar-refractivity contribution in [1.82, 2.24) is 15.1 Å². The molecule has 0 unspecified atom stereocenters. The lowest BCUT2D eigenvalue weighted by molar-refractivity contribution is -0.131. The van der Waals surface area contributed by atoms with E-state index in [1.807, 2.05) is 23.1 Å². The quantitative estimate of drug-likeness (QED) is 0.661. The highest BCUT2D eigenvalue weighted by Crippen LogP contribution is 2.14. The molecule has 1 aromatic rings. The topological polar surface area (TPSA) is 61.9 Å². The van der Waals surface area contributed by atoms with Gasteiger partial charge in [-0.3, -0.25) is 9.59 Å². The van der Waals surface area contributed by atoms with Gasteiger partial charge in [0.25, 0.3) is 5.91 Å². The molecule has 0 aliphatic carbocycles. The van der Waals surface area contributed by atoms with Crippen LogP contribution in [0.3, 0.4) is 0 Å². The summed E-state index contributed by atoms with van der Waals surface area (Å²) >= 11 is 3.40. The van der Waals surface area contributed by atoms with E-state index in [2.05, 4.69) is 21.2 Å². The Morgan fingerprint density at radius 1 is 1.28 bits per heavy atom. The summed E-state index contributed by atoms with van der Waals surface area (Å²) in [7, 11) is 1.65. The molecular weight excluding hydrogens is 386 g/mol. The second-order valence-electron chi connectivity index (χ2n) is 6.03. The molecule has 1 aliphatic rings. The summed E-state index contributed by atoms with van der Waals surface area (Å²) in [5, 5.41) is 3.24. The molecular formula is C18H26BrN3O3. The van der Waals surface area contributed by atoms with E-state index in [4.69, 9.17) is 4.74 Å². The van der Waals surface area contributed by atoms with Crippen LogP contribution in [0.4, 0.5) is 0 Å². The van der Waals surface area contributed by atoms with E-state index in [-0.39, 0.29) is 11.8 Å². The molecule has 0 aromatic heterocycles. The van der Waals surface area contributed by atoms with Crippen molar-refractivity contribution >= 4 is 27.7 Å². The minimum absolute atomic E-state index is 0.0505. The number of nitrogens with zero attached hydrogens (tertiary/aromatic N) is 2. The highest BCUT2D eigenvalue weighted by Gasteiger charge is 2.20. The van der Waals surface area contributed by atoms with Gasteiger partial charge >= 0.3 is 0 Å². The van der Waals surface area contributed by atoms with E-state index in [0.717, 1.165) is 37.1 Å². The van der Waals surface area contributed by atoms with Gasteiger partial charge < -0.3 is 19.9 Å². The summed E-state index contributed by atoms with van der Waals surface area (Å²) in [6, 6.07) is 7.34. The van der Waals surface area contributed by atoms with Crippen LogP contribution in [0.1, 0.15) is 23.2 Å². The molecule has 1 fully saturated rings. The highest BCUT2D eigenvalue weighted by atomic mass is 79.9. The van der Waals surface area contributed by atoms with E-state index in [0.29, 0.717) is 31.7 Å². The first-order chi connectivity index (χ1) is 12.1. The standard InChI is InChI=1S/C18H26BrN3O3/c1-25-13-3-9-22(18(24)15-4-2-5-16(19)14-15)10-6-17(23)21-11-7-20-8-12-21/h2,4-5,14,20H,3,6-13H2,1H3. The number of amides is 2. The monoisotopic (exact) mass is 411 g/mol. The average Bonchev–Trinajstić information content (AvgIpc) is 2.64. The zero-order valence-corrected chi connectivity index (χ0v) is 16.3. The van der Waals surface area contributed by atoms with E-state index in [1.54, 1.807) is 18.1 Å². The fraction of sp³-hybridized carbons (Fsp3) is 0.556. The summed E-state index contributed by atoms with van der Waals surface area (Å²) in [4.78, 5) is 28.8. The number of hydrogen-bond acceptors (Lipinski definition) is 4. The molecule has 0 spiro atoms. The Morgan fingerprint density at radius 3 is 2.72 bits per heavy atom. The molecule has 2 rings (SSSR count). The molecule has 6 nitrogen and oxygen atoms in total. The minimum Gasteiger partial charge on any atom is -0.385 e. The average molecular weight is 412 g/mol. The molecule has 0 saturated carbocycles. The summed E-state index contributed by atoms with van der Waals surface area (Å²) in [6.45, 7) is 4.74. The number of hydrogen-bond donors (Lipinski definition) is 1. The molecule has 7 heteroatoms. The smallest absolute Gasteiger partial charge is 0.253 e. The Kier molecular flexibility index (Phi) is 8.37. The van der Waals surface area contributed by atoms with Crippen LogP contribution in [0.15, 0.2) is 28.7 Å². The van der Waals surface area contributed by atoms with Gasteiger partial charge in [0.2, 0.25) is 5.91 Å². The Hall–Kier alpha value is -1.44. The summed E-state index contributed by atoms with van der Waals surface area (Å²) < 4.78 is 5.96. The maximum Gasteiger partial charge on any atom is 0.253 e. The van der Waals surface area contributed by atoms with E-state index in [1.165, 1.54) is 0 Å². The van der Waals surface area contributed by atoms with Crippen molar-refractivity contribution in [3.05, 3.63) is 34.3 Å². The first-order valence-corrected chi connectivity index (χ1v) is 9.43. The third-order valence-corrected chi connectivity index (χ3v) is 4.69. The fourth-order valence-electron chi connectivity index (χ4n) is 2.82. The largest absolute Gasteiger partial charge is 0.385 e. The number of methoxy groups -OCH3 is 1. The van der Waals surface area contributed by atoms with Crippen molar-refractivity contribution in [2.75, 3.05) is 53.0 Å². The lowest BCUT2D eigenvalue weighted by Crippen LogP contribution is -2.47. The van der Waals surface area contributed by atoms with Crippen LogP contribution in [-0.4, -0.2) is 74.6 Å². The molecule has 0 bridgehead atoms. The molecule has 25 heavy (non-hydrogen) atoms. The van der Waals surface area contributed by atoms with Crippen molar-refractivity contribution in [2.45, 2.75) is 12.8 Å². The summed E-state index contributed by atoms with van der Waals surface area (Å²) in [6.07, 6.45) is 1.10. The van der Waals surface area contributed by atoms with Crippen LogP contribution >= 0.6 is 15.9 Å². The number of piperazine rings is 1. The van der Waals surface area contributed by atoms with Crippen LogP contribution in [0.25, 0.3) is 0 Å². The van der Waals surface area contributed by atoms with Crippen molar-refractivity contribution in [3.8, 4) is 0 Å². The molecule has 1 saturated heterocycles. The molecule has 1 aliphatic heterocycles. The third kappa shape index (κ3) is 6.41. The van der Waals surface area contributed by atoms with Crippen LogP contribution < -0.4 is 5.32 Å². The molecule has 2 amide bonds. The normalized spacial score (nSPS) is 14.4. The number of carbonyl (C=O) groups excluding carboxylic acids is 2. The van der Waals surface area contributed by atoms with Gasteiger partial charge in [0.1, 0.15) is 0 Å². The van der Waals surface area contributed by atoms with E-state index in [9.17, 15) is 9.59 Å². The number of rotatable bonds is 8. The number of halogens is 1. The van der Waals surface area contributed by atoms with Crippen LogP contribution in [0.2, 0.25) is 0 Å². The number of nitrogens with one attached hydrogen (secondary N) is 1. The molecule has 0 atom stereocenters. The van der Waals surface area contributed by atoms with Gasteiger partial charge in [0.05, 0.1) is 0 Å². The van der Waals surface area contributed by atoms with Gasteiger partial charge in [-0.1, -0.05) is 22.0 Å². The molecule has 0 radical (unpaired) electrons. The summed E-state index contributed by atoms with van der Waals surface area (Å²) in [5.41, 5.74) is 0.626. The van der Waals surface area contributed by atoms with Crippen molar-refractivity contribution < 1.29 is 14.3 Å². The molecule has 138 valence electrons. The van der Waals surface area contributed by atoms with Crippen LogP contribution in [0.5, 0.6) is 0 Å². The van der Waals surface area contributed by atoms with Gasteiger partial charge in [-0.05, 0) is 24.6 Å². The number of carbonyl (C=O) groups is 2. The van der Waals surface area contributed by atoms with Crippen LogP contribution in [-0.2, 0) is 9.53 Å². The third-order valence-electron chi connectivity index (χ3n) is 4.20. The van der Waals surface area contributed by atoms with Crippen molar-refractivity contribution in [3.63, 3.8) is 0 Å². The minimum atomic E-state index is -0.0505. The maximum absolute atomic E-state index is 12.8. The van der Waals surface area contributed by atoms with E-state index >= 15 is 0 Å². The lowest BCUT2D eigenvalue weighted by atomic mass is 10.2. The van der Waals surface area contributed by atoms with Crippen molar-refractivity contribution in [2.24, 2.45) is 0 Å². The van der Waals surface area contributed by atoms with Crippen molar-refractivity contribution in [1.29, 1.82) is 0 Å². The van der Waals surface area contributed by atoms with Gasteiger partial charge in [-0.2, -0.15) is 0 Å². The number of benzene rings is 1. The van der Waals surface area contributed by atoms with Gasteiger partial charge in [0.15, 0.2) is 0 Å². The number of ether oxygens (including phenoxy) is 1. The lowest BCUT2D eigenvalue weighted by Gasteiger charge is -2.29. The molecule has 1 aromatic carbocycles. The Labute approximate surface area is 157 Å². The summed E-state index contributed by atoms with van der Waals surface area (Å²) in [5.74, 6) is 0.0609. The van der Waals surface area contributed by atoms with Crippen LogP contribution in [0, 0.1) is 0 Å². The van der Waals surface area contributed by atoms with Gasteiger partial charge in [-0.15, -0.1) is 0 Å². The molecule has 1 N–H and O–H groups in total. The Balaban J connectivity index is 1.96. The van der Waals surface area contributed by atoms with Gasteiger partial charge in [0, 0.05) is 69.4 Å². The predicted molar refractivity (Wildman–Crippen MR) is 101 cm³/mol. The zero-order valence-electron chi connectivity index (χ0n) is 14.7. The Morgan fingerprint density at radius 2 is 2.04 bits per heavy atom. The first-order valence-electron chi connectivity index (χ1n) is 8.64. The fourth-order valence-corrected chi connectivity index (χ4v) is 3.22. The predicted octanol–water partition coefficient (Wildman–Crippen LogP) is 1.75. The molecule has 1 heterocycles. The van der Waals surface area contributed by atoms with Gasteiger partial charge in [-0.25, -0.2) is 0 Å². The first kappa shape index (κ1) is 19.9.